The first kappa shape index (κ1) is 13.6. The number of carbonyl (C=O) groups is 1. The Balaban J connectivity index is 1.53. The Kier molecular flexibility index (Phi) is 5.70. The van der Waals surface area contributed by atoms with Crippen molar-refractivity contribution in [1.29, 1.82) is 0 Å². The van der Waals surface area contributed by atoms with Gasteiger partial charge in [0.05, 0.1) is 13.2 Å². The zero-order valence-corrected chi connectivity index (χ0v) is 10.9. The predicted molar refractivity (Wildman–Crippen MR) is 69.7 cm³/mol. The lowest BCUT2D eigenvalue weighted by Crippen LogP contribution is -2.48. The van der Waals surface area contributed by atoms with Gasteiger partial charge in [-0.05, 0) is 25.9 Å². The molecule has 2 rings (SSSR count). The molecule has 0 atom stereocenters. The Bertz CT molecular complexity index is 250. The van der Waals surface area contributed by atoms with Crippen molar-refractivity contribution in [2.75, 3.05) is 52.5 Å². The molecule has 0 aromatic heterocycles. The van der Waals surface area contributed by atoms with Crippen LogP contribution in [-0.2, 0) is 4.74 Å². The van der Waals surface area contributed by atoms with Crippen LogP contribution in [0.15, 0.2) is 0 Å². The van der Waals surface area contributed by atoms with Crippen molar-refractivity contribution in [2.24, 2.45) is 0 Å². The van der Waals surface area contributed by atoms with E-state index >= 15 is 0 Å². The van der Waals surface area contributed by atoms with Gasteiger partial charge in [0.15, 0.2) is 0 Å². The first-order valence-electron chi connectivity index (χ1n) is 6.90. The first-order chi connectivity index (χ1) is 8.84. The molecule has 0 unspecified atom stereocenters. The number of ether oxygens (including phenoxy) is 1. The summed E-state index contributed by atoms with van der Waals surface area (Å²) in [6.45, 7) is 7.16. The summed E-state index contributed by atoms with van der Waals surface area (Å²) in [4.78, 5) is 14.0. The Morgan fingerprint density at radius 2 is 2.00 bits per heavy atom. The molecule has 18 heavy (non-hydrogen) atoms. The molecule has 6 heteroatoms. The highest BCUT2D eigenvalue weighted by Crippen LogP contribution is 2.01. The molecular formula is C12H24N4O2. The van der Waals surface area contributed by atoms with Gasteiger partial charge in [-0.3, -0.25) is 4.90 Å². The quantitative estimate of drug-likeness (QED) is 0.626. The summed E-state index contributed by atoms with van der Waals surface area (Å²) in [7, 11) is 0. The monoisotopic (exact) mass is 256 g/mol. The summed E-state index contributed by atoms with van der Waals surface area (Å²) in [5.41, 5.74) is 0. The summed E-state index contributed by atoms with van der Waals surface area (Å²) in [5.74, 6) is 0. The van der Waals surface area contributed by atoms with E-state index in [2.05, 4.69) is 20.9 Å². The maximum absolute atomic E-state index is 11.7. The van der Waals surface area contributed by atoms with E-state index in [0.717, 1.165) is 58.8 Å². The smallest absolute Gasteiger partial charge is 0.315 e. The van der Waals surface area contributed by atoms with Gasteiger partial charge < -0.3 is 20.7 Å². The molecule has 2 aliphatic rings. The Morgan fingerprint density at radius 1 is 1.28 bits per heavy atom. The van der Waals surface area contributed by atoms with Gasteiger partial charge in [-0.15, -0.1) is 0 Å². The van der Waals surface area contributed by atoms with Crippen LogP contribution in [0.25, 0.3) is 0 Å². The highest BCUT2D eigenvalue weighted by Gasteiger charge is 2.15. The van der Waals surface area contributed by atoms with Crippen LogP contribution >= 0.6 is 0 Å². The maximum Gasteiger partial charge on any atom is 0.315 e. The molecular weight excluding hydrogens is 232 g/mol. The van der Waals surface area contributed by atoms with Crippen molar-refractivity contribution in [2.45, 2.75) is 18.9 Å². The second kappa shape index (κ2) is 7.56. The van der Waals surface area contributed by atoms with Gasteiger partial charge in [-0.1, -0.05) is 0 Å². The van der Waals surface area contributed by atoms with E-state index in [1.165, 1.54) is 0 Å². The number of morpholine rings is 1. The summed E-state index contributed by atoms with van der Waals surface area (Å²) in [6.07, 6.45) is 2.05. The van der Waals surface area contributed by atoms with Gasteiger partial charge >= 0.3 is 6.03 Å². The van der Waals surface area contributed by atoms with E-state index in [4.69, 9.17) is 4.74 Å². The minimum absolute atomic E-state index is 0.0323. The SMILES string of the molecule is O=C(NCCN1CCOCC1)NC1CCNCC1. The lowest BCUT2D eigenvalue weighted by atomic mass is 10.1. The summed E-state index contributed by atoms with van der Waals surface area (Å²) < 4.78 is 5.28. The Morgan fingerprint density at radius 3 is 2.72 bits per heavy atom. The standard InChI is InChI=1S/C12H24N4O2/c17-12(15-11-1-3-13-4-2-11)14-5-6-16-7-9-18-10-8-16/h11,13H,1-10H2,(H2,14,15,17). The minimum atomic E-state index is -0.0323. The molecule has 104 valence electrons. The summed E-state index contributed by atoms with van der Waals surface area (Å²) in [6, 6.07) is 0.296. The zero-order valence-electron chi connectivity index (χ0n) is 10.9. The van der Waals surface area contributed by atoms with E-state index in [0.29, 0.717) is 12.6 Å². The maximum atomic E-state index is 11.7. The van der Waals surface area contributed by atoms with Crippen molar-refractivity contribution in [3.05, 3.63) is 0 Å². The number of hydrogen-bond donors (Lipinski definition) is 3. The first-order valence-corrected chi connectivity index (χ1v) is 6.90. The largest absolute Gasteiger partial charge is 0.379 e. The third-order valence-corrected chi connectivity index (χ3v) is 3.49. The van der Waals surface area contributed by atoms with Crippen LogP contribution in [0.5, 0.6) is 0 Å². The molecule has 3 N–H and O–H groups in total. The van der Waals surface area contributed by atoms with Gasteiger partial charge in [0, 0.05) is 32.2 Å². The van der Waals surface area contributed by atoms with Crippen molar-refractivity contribution in [1.82, 2.24) is 20.9 Å². The normalized spacial score (nSPS) is 22.7. The van der Waals surface area contributed by atoms with E-state index in [9.17, 15) is 4.79 Å². The van der Waals surface area contributed by atoms with Crippen molar-refractivity contribution < 1.29 is 9.53 Å². The molecule has 0 radical (unpaired) electrons. The molecule has 0 aromatic carbocycles. The highest BCUT2D eigenvalue weighted by molar-refractivity contribution is 5.74. The molecule has 0 bridgehead atoms. The van der Waals surface area contributed by atoms with Crippen LogP contribution < -0.4 is 16.0 Å². The second-order valence-electron chi connectivity index (χ2n) is 4.88. The molecule has 0 spiro atoms. The van der Waals surface area contributed by atoms with Crippen molar-refractivity contribution >= 4 is 6.03 Å². The number of carbonyl (C=O) groups excluding carboxylic acids is 1. The van der Waals surface area contributed by atoms with Crippen LogP contribution in [-0.4, -0.2) is 69.5 Å². The van der Waals surface area contributed by atoms with Crippen molar-refractivity contribution in [3.8, 4) is 0 Å². The number of rotatable bonds is 4. The number of nitrogens with one attached hydrogen (secondary N) is 3. The molecule has 2 fully saturated rings. The molecule has 6 nitrogen and oxygen atoms in total. The fourth-order valence-corrected chi connectivity index (χ4v) is 2.36. The third-order valence-electron chi connectivity index (χ3n) is 3.49. The predicted octanol–water partition coefficient (Wildman–Crippen LogP) is -0.630. The average Bonchev–Trinajstić information content (AvgIpc) is 2.41. The topological polar surface area (TPSA) is 65.6 Å². The number of amides is 2. The summed E-state index contributed by atoms with van der Waals surface area (Å²) in [5, 5.41) is 9.23. The molecule has 0 aromatic rings. The highest BCUT2D eigenvalue weighted by atomic mass is 16.5. The second-order valence-corrected chi connectivity index (χ2v) is 4.88. The van der Waals surface area contributed by atoms with Gasteiger partial charge in [-0.2, -0.15) is 0 Å². The molecule has 0 saturated carbocycles. The Labute approximate surface area is 108 Å². The lowest BCUT2D eigenvalue weighted by Gasteiger charge is -2.27. The van der Waals surface area contributed by atoms with E-state index in [1.54, 1.807) is 0 Å². The number of urea groups is 1. The van der Waals surface area contributed by atoms with Gasteiger partial charge in [0.2, 0.25) is 0 Å². The molecule has 0 aliphatic carbocycles. The van der Waals surface area contributed by atoms with Crippen LogP contribution in [0.2, 0.25) is 0 Å². The van der Waals surface area contributed by atoms with Crippen LogP contribution in [0.1, 0.15) is 12.8 Å². The molecule has 2 heterocycles. The third kappa shape index (κ3) is 4.80. The molecule has 2 saturated heterocycles. The van der Waals surface area contributed by atoms with Gasteiger partial charge in [0.25, 0.3) is 0 Å². The Hall–Kier alpha value is -0.850. The number of hydrogen-bond acceptors (Lipinski definition) is 4. The number of piperidine rings is 1. The van der Waals surface area contributed by atoms with Crippen molar-refractivity contribution in [3.63, 3.8) is 0 Å². The fraction of sp³-hybridized carbons (Fsp3) is 0.917. The zero-order chi connectivity index (χ0) is 12.6. The average molecular weight is 256 g/mol. The molecule has 2 aliphatic heterocycles. The van der Waals surface area contributed by atoms with E-state index < -0.39 is 0 Å². The van der Waals surface area contributed by atoms with Crippen LogP contribution in [0.4, 0.5) is 4.79 Å². The lowest BCUT2D eigenvalue weighted by molar-refractivity contribution is 0.0387. The van der Waals surface area contributed by atoms with E-state index in [1.807, 2.05) is 0 Å². The molecule has 2 amide bonds. The summed E-state index contributed by atoms with van der Waals surface area (Å²) >= 11 is 0. The van der Waals surface area contributed by atoms with Gasteiger partial charge in [0.1, 0.15) is 0 Å². The minimum Gasteiger partial charge on any atom is -0.379 e. The fourth-order valence-electron chi connectivity index (χ4n) is 2.36. The number of nitrogens with zero attached hydrogens (tertiary/aromatic N) is 1. The van der Waals surface area contributed by atoms with Gasteiger partial charge in [-0.25, -0.2) is 4.79 Å². The van der Waals surface area contributed by atoms with E-state index in [-0.39, 0.29) is 6.03 Å². The van der Waals surface area contributed by atoms with Crippen LogP contribution in [0, 0.1) is 0 Å². The van der Waals surface area contributed by atoms with Crippen LogP contribution in [0.3, 0.4) is 0 Å².